The summed E-state index contributed by atoms with van der Waals surface area (Å²) in [5, 5.41) is 0. The van der Waals surface area contributed by atoms with Gasteiger partial charge in [0.15, 0.2) is 11.6 Å². The zero-order valence-electron chi connectivity index (χ0n) is 11.3. The second-order valence-electron chi connectivity index (χ2n) is 4.59. The number of nitrogens with two attached hydrogens (primary N) is 1. The van der Waals surface area contributed by atoms with Crippen LogP contribution in [0.3, 0.4) is 0 Å². The number of unbranched alkanes of at least 4 members (excludes halogenated alkanes) is 5. The van der Waals surface area contributed by atoms with Crippen LogP contribution < -0.4 is 10.5 Å². The Bertz CT molecular complexity index is 341. The Labute approximate surface area is 109 Å². The molecule has 18 heavy (non-hydrogen) atoms. The minimum Gasteiger partial charge on any atom is -0.491 e. The predicted octanol–water partition coefficient (Wildman–Crippen LogP) is 4.02. The minimum atomic E-state index is -0.316. The highest BCUT2D eigenvalue weighted by Gasteiger charge is 2.03. The van der Waals surface area contributed by atoms with Crippen molar-refractivity contribution in [2.45, 2.75) is 52.0 Å². The number of halogens is 1. The first-order valence-corrected chi connectivity index (χ1v) is 6.89. The van der Waals surface area contributed by atoms with E-state index < -0.39 is 0 Å². The van der Waals surface area contributed by atoms with Gasteiger partial charge in [-0.2, -0.15) is 0 Å². The Hall–Kier alpha value is -1.09. The maximum atomic E-state index is 13.5. The predicted molar refractivity (Wildman–Crippen MR) is 73.2 cm³/mol. The normalized spacial score (nSPS) is 10.6. The molecule has 0 aromatic heterocycles. The summed E-state index contributed by atoms with van der Waals surface area (Å²) in [6, 6.07) is 4.91. The minimum absolute atomic E-state index is 0.316. The molecule has 0 saturated heterocycles. The van der Waals surface area contributed by atoms with Gasteiger partial charge in [0.2, 0.25) is 0 Å². The van der Waals surface area contributed by atoms with Crippen molar-refractivity contribution >= 4 is 0 Å². The van der Waals surface area contributed by atoms with Crippen molar-refractivity contribution in [1.82, 2.24) is 0 Å². The van der Waals surface area contributed by atoms with E-state index in [1.54, 1.807) is 12.1 Å². The molecule has 1 aromatic rings. The third kappa shape index (κ3) is 5.50. The Balaban J connectivity index is 2.19. The van der Waals surface area contributed by atoms with E-state index in [9.17, 15) is 4.39 Å². The van der Waals surface area contributed by atoms with Gasteiger partial charge in [-0.15, -0.1) is 0 Å². The molecule has 1 aromatic carbocycles. The Morgan fingerprint density at radius 1 is 1.11 bits per heavy atom. The molecule has 0 aliphatic rings. The number of ether oxygens (including phenoxy) is 1. The van der Waals surface area contributed by atoms with Gasteiger partial charge < -0.3 is 10.5 Å². The molecule has 102 valence electrons. The highest BCUT2D eigenvalue weighted by molar-refractivity contribution is 5.29. The summed E-state index contributed by atoms with van der Waals surface area (Å²) < 4.78 is 19.0. The summed E-state index contributed by atoms with van der Waals surface area (Å²) in [7, 11) is 0. The van der Waals surface area contributed by atoms with Crippen molar-refractivity contribution in [3.63, 3.8) is 0 Å². The van der Waals surface area contributed by atoms with E-state index in [0.717, 1.165) is 18.4 Å². The molecule has 2 N–H and O–H groups in total. The lowest BCUT2D eigenvalue weighted by atomic mass is 10.1. The first-order chi connectivity index (χ1) is 8.77. The molecule has 2 nitrogen and oxygen atoms in total. The zero-order chi connectivity index (χ0) is 13.2. The van der Waals surface area contributed by atoms with Crippen molar-refractivity contribution < 1.29 is 9.13 Å². The first-order valence-electron chi connectivity index (χ1n) is 6.89. The van der Waals surface area contributed by atoms with E-state index >= 15 is 0 Å². The maximum absolute atomic E-state index is 13.5. The molecule has 3 heteroatoms. The van der Waals surface area contributed by atoms with Crippen LogP contribution >= 0.6 is 0 Å². The van der Waals surface area contributed by atoms with Gasteiger partial charge >= 0.3 is 0 Å². The summed E-state index contributed by atoms with van der Waals surface area (Å²) in [5.41, 5.74) is 6.23. The summed E-state index contributed by atoms with van der Waals surface area (Å²) in [5.74, 6) is 0.0182. The van der Waals surface area contributed by atoms with Crippen LogP contribution in [-0.4, -0.2) is 6.61 Å². The summed E-state index contributed by atoms with van der Waals surface area (Å²) >= 11 is 0. The SMILES string of the molecule is CCCCCCCCOc1ccc(CN)cc1F. The van der Waals surface area contributed by atoms with E-state index in [1.165, 1.54) is 31.7 Å². The number of hydrogen-bond donors (Lipinski definition) is 1. The van der Waals surface area contributed by atoms with E-state index in [0.29, 0.717) is 18.9 Å². The van der Waals surface area contributed by atoms with Crippen molar-refractivity contribution in [2.24, 2.45) is 5.73 Å². The lowest BCUT2D eigenvalue weighted by molar-refractivity contribution is 0.290. The Morgan fingerprint density at radius 2 is 1.83 bits per heavy atom. The first kappa shape index (κ1) is 15.0. The van der Waals surface area contributed by atoms with Gasteiger partial charge in [0.25, 0.3) is 0 Å². The fourth-order valence-electron chi connectivity index (χ4n) is 1.85. The van der Waals surface area contributed by atoms with Gasteiger partial charge in [0.1, 0.15) is 0 Å². The summed E-state index contributed by atoms with van der Waals surface area (Å²) in [6.07, 6.45) is 7.23. The van der Waals surface area contributed by atoms with Crippen LogP contribution in [0.5, 0.6) is 5.75 Å². The van der Waals surface area contributed by atoms with E-state index in [4.69, 9.17) is 10.5 Å². The number of rotatable bonds is 9. The van der Waals surface area contributed by atoms with Crippen LogP contribution in [0, 0.1) is 5.82 Å². The van der Waals surface area contributed by atoms with Crippen LogP contribution in [0.25, 0.3) is 0 Å². The molecule has 0 spiro atoms. The molecule has 0 bridgehead atoms. The molecule has 0 radical (unpaired) electrons. The monoisotopic (exact) mass is 253 g/mol. The fraction of sp³-hybridized carbons (Fsp3) is 0.600. The third-order valence-electron chi connectivity index (χ3n) is 2.99. The average molecular weight is 253 g/mol. The molecule has 0 aliphatic heterocycles. The van der Waals surface area contributed by atoms with E-state index in [2.05, 4.69) is 6.92 Å². The van der Waals surface area contributed by atoms with E-state index in [-0.39, 0.29) is 5.82 Å². The number of benzene rings is 1. The maximum Gasteiger partial charge on any atom is 0.165 e. The smallest absolute Gasteiger partial charge is 0.165 e. The Kier molecular flexibility index (Phi) is 7.42. The van der Waals surface area contributed by atoms with Crippen molar-refractivity contribution in [2.75, 3.05) is 6.61 Å². The molecule has 0 amide bonds. The van der Waals surface area contributed by atoms with Crippen LogP contribution in [0.1, 0.15) is 51.0 Å². The second kappa shape index (κ2) is 8.92. The largest absolute Gasteiger partial charge is 0.491 e. The van der Waals surface area contributed by atoms with Gasteiger partial charge in [-0.3, -0.25) is 0 Å². The lowest BCUT2D eigenvalue weighted by Gasteiger charge is -2.08. The van der Waals surface area contributed by atoms with Crippen LogP contribution in [0.4, 0.5) is 4.39 Å². The highest BCUT2D eigenvalue weighted by atomic mass is 19.1. The molecule has 0 saturated carbocycles. The zero-order valence-corrected chi connectivity index (χ0v) is 11.3. The molecule has 0 heterocycles. The second-order valence-corrected chi connectivity index (χ2v) is 4.59. The van der Waals surface area contributed by atoms with Crippen molar-refractivity contribution in [3.8, 4) is 5.75 Å². The molecular weight excluding hydrogens is 229 g/mol. The van der Waals surface area contributed by atoms with Crippen LogP contribution in [-0.2, 0) is 6.54 Å². The average Bonchev–Trinajstić information content (AvgIpc) is 2.39. The van der Waals surface area contributed by atoms with Crippen molar-refractivity contribution in [3.05, 3.63) is 29.6 Å². The highest BCUT2D eigenvalue weighted by Crippen LogP contribution is 2.18. The summed E-state index contributed by atoms with van der Waals surface area (Å²) in [4.78, 5) is 0. The van der Waals surface area contributed by atoms with Crippen LogP contribution in [0.2, 0.25) is 0 Å². The van der Waals surface area contributed by atoms with Gasteiger partial charge in [-0.1, -0.05) is 45.1 Å². The standard InChI is InChI=1S/C15H24FNO/c1-2-3-4-5-6-7-10-18-15-9-8-13(12-17)11-14(15)16/h8-9,11H,2-7,10,12,17H2,1H3. The molecular formula is C15H24FNO. The molecule has 0 fully saturated rings. The molecule has 1 rings (SSSR count). The van der Waals surface area contributed by atoms with E-state index in [1.807, 2.05) is 0 Å². The van der Waals surface area contributed by atoms with Gasteiger partial charge in [-0.05, 0) is 24.1 Å². The topological polar surface area (TPSA) is 35.2 Å². The quantitative estimate of drug-likeness (QED) is 0.674. The lowest BCUT2D eigenvalue weighted by Crippen LogP contribution is -2.01. The summed E-state index contributed by atoms with van der Waals surface area (Å²) in [6.45, 7) is 3.15. The van der Waals surface area contributed by atoms with Gasteiger partial charge in [-0.25, -0.2) is 4.39 Å². The molecule has 0 atom stereocenters. The van der Waals surface area contributed by atoms with Gasteiger partial charge in [0, 0.05) is 6.54 Å². The van der Waals surface area contributed by atoms with Crippen molar-refractivity contribution in [1.29, 1.82) is 0 Å². The Morgan fingerprint density at radius 3 is 2.50 bits per heavy atom. The number of hydrogen-bond acceptors (Lipinski definition) is 2. The fourth-order valence-corrected chi connectivity index (χ4v) is 1.85. The molecule has 0 aliphatic carbocycles. The van der Waals surface area contributed by atoms with Crippen LogP contribution in [0.15, 0.2) is 18.2 Å². The van der Waals surface area contributed by atoms with Gasteiger partial charge in [0.05, 0.1) is 6.61 Å². The molecule has 0 unspecified atom stereocenters. The third-order valence-corrected chi connectivity index (χ3v) is 2.99.